The van der Waals surface area contributed by atoms with Crippen LogP contribution in [0.5, 0.6) is 0 Å². The summed E-state index contributed by atoms with van der Waals surface area (Å²) >= 11 is 0. The van der Waals surface area contributed by atoms with E-state index in [1.165, 1.54) is 6.07 Å². The van der Waals surface area contributed by atoms with Crippen molar-refractivity contribution in [2.75, 3.05) is 18.0 Å². The van der Waals surface area contributed by atoms with Crippen molar-refractivity contribution in [1.29, 1.82) is 0 Å². The van der Waals surface area contributed by atoms with Gasteiger partial charge in [0.25, 0.3) is 0 Å². The molecule has 1 aliphatic heterocycles. The first kappa shape index (κ1) is 8.23. The maximum atomic E-state index is 12.8. The van der Waals surface area contributed by atoms with Gasteiger partial charge in [0.2, 0.25) is 0 Å². The maximum absolute atomic E-state index is 12.8. The molecule has 1 nitrogen and oxygen atoms in total. The molecule has 0 aromatic heterocycles. The zero-order valence-electron chi connectivity index (χ0n) is 7.00. The molecule has 0 aliphatic carbocycles. The van der Waals surface area contributed by atoms with E-state index in [2.05, 4.69) is 0 Å². The Morgan fingerprint density at radius 1 is 1.00 bits per heavy atom. The molecule has 0 spiro atoms. The van der Waals surface area contributed by atoms with E-state index in [1.54, 1.807) is 6.07 Å². The van der Waals surface area contributed by atoms with Crippen LogP contribution < -0.4 is 4.90 Å². The number of benzene rings is 1. The van der Waals surface area contributed by atoms with Gasteiger partial charge in [0.05, 0.1) is 0 Å². The molecular formula is C10H9F2N. The van der Waals surface area contributed by atoms with Crippen molar-refractivity contribution in [2.24, 2.45) is 0 Å². The summed E-state index contributed by atoms with van der Waals surface area (Å²) in [5.74, 6) is -1.58. The lowest BCUT2D eigenvalue weighted by molar-refractivity contribution is 0.508. The van der Waals surface area contributed by atoms with Crippen LogP contribution in [0.3, 0.4) is 0 Å². The first-order valence-electron chi connectivity index (χ1n) is 4.12. The topological polar surface area (TPSA) is 3.24 Å². The van der Waals surface area contributed by atoms with Crippen molar-refractivity contribution in [1.82, 2.24) is 0 Å². The monoisotopic (exact) mass is 181 g/mol. The van der Waals surface area contributed by atoms with Crippen molar-refractivity contribution in [2.45, 2.75) is 0 Å². The molecule has 0 fully saturated rings. The van der Waals surface area contributed by atoms with Gasteiger partial charge < -0.3 is 4.90 Å². The molecular weight excluding hydrogens is 172 g/mol. The van der Waals surface area contributed by atoms with Gasteiger partial charge in [0.1, 0.15) is 0 Å². The number of rotatable bonds is 1. The number of halogens is 2. The van der Waals surface area contributed by atoms with Gasteiger partial charge >= 0.3 is 0 Å². The van der Waals surface area contributed by atoms with Gasteiger partial charge in [-0.15, -0.1) is 0 Å². The molecule has 0 amide bonds. The normalized spacial score (nSPS) is 15.4. The smallest absolute Gasteiger partial charge is 0.160 e. The van der Waals surface area contributed by atoms with Crippen LogP contribution in [0.4, 0.5) is 14.5 Å². The zero-order chi connectivity index (χ0) is 9.26. The molecule has 1 aliphatic rings. The summed E-state index contributed by atoms with van der Waals surface area (Å²) in [6.45, 7) is 1.54. The molecule has 1 aromatic carbocycles. The van der Waals surface area contributed by atoms with E-state index in [1.807, 2.05) is 17.1 Å². The Bertz CT molecular complexity index is 339. The molecule has 68 valence electrons. The molecule has 0 atom stereocenters. The van der Waals surface area contributed by atoms with E-state index in [9.17, 15) is 8.78 Å². The summed E-state index contributed by atoms with van der Waals surface area (Å²) < 4.78 is 25.4. The van der Waals surface area contributed by atoms with Crippen molar-refractivity contribution in [3.05, 3.63) is 42.0 Å². The van der Waals surface area contributed by atoms with Crippen LogP contribution in [0.15, 0.2) is 30.4 Å². The van der Waals surface area contributed by atoms with Gasteiger partial charge in [-0.3, -0.25) is 0 Å². The van der Waals surface area contributed by atoms with Crippen molar-refractivity contribution in [3.8, 4) is 0 Å². The lowest BCUT2D eigenvalue weighted by atomic mass is 10.3. The number of hydrogen-bond donors (Lipinski definition) is 0. The lowest BCUT2D eigenvalue weighted by Gasteiger charge is -2.17. The minimum Gasteiger partial charge on any atom is -0.364 e. The predicted molar refractivity (Wildman–Crippen MR) is 47.7 cm³/mol. The maximum Gasteiger partial charge on any atom is 0.160 e. The van der Waals surface area contributed by atoms with E-state index >= 15 is 0 Å². The van der Waals surface area contributed by atoms with E-state index in [0.717, 1.165) is 24.8 Å². The minimum absolute atomic E-state index is 0.726. The SMILES string of the molecule is Fc1ccc(N2CC=CC2)cc1F. The molecule has 0 radical (unpaired) electrons. The summed E-state index contributed by atoms with van der Waals surface area (Å²) in [6, 6.07) is 3.97. The Labute approximate surface area is 75.3 Å². The van der Waals surface area contributed by atoms with Crippen LogP contribution in [0.1, 0.15) is 0 Å². The van der Waals surface area contributed by atoms with Crippen LogP contribution in [-0.4, -0.2) is 13.1 Å². The first-order valence-corrected chi connectivity index (χ1v) is 4.12. The molecule has 0 N–H and O–H groups in total. The fourth-order valence-corrected chi connectivity index (χ4v) is 1.37. The van der Waals surface area contributed by atoms with Gasteiger partial charge in [-0.25, -0.2) is 8.78 Å². The van der Waals surface area contributed by atoms with Gasteiger partial charge in [0.15, 0.2) is 11.6 Å². The number of nitrogens with zero attached hydrogens (tertiary/aromatic N) is 1. The molecule has 13 heavy (non-hydrogen) atoms. The molecule has 3 heteroatoms. The summed E-state index contributed by atoms with van der Waals surface area (Å²) in [5.41, 5.74) is 0.726. The van der Waals surface area contributed by atoms with Crippen molar-refractivity contribution >= 4 is 5.69 Å². The molecule has 1 heterocycles. The molecule has 0 saturated heterocycles. The minimum atomic E-state index is -0.795. The van der Waals surface area contributed by atoms with Gasteiger partial charge in [-0.1, -0.05) is 12.2 Å². The largest absolute Gasteiger partial charge is 0.364 e. The third kappa shape index (κ3) is 1.54. The molecule has 0 unspecified atom stereocenters. The van der Waals surface area contributed by atoms with Crippen LogP contribution in [0.2, 0.25) is 0 Å². The third-order valence-corrected chi connectivity index (χ3v) is 2.09. The molecule has 1 aromatic rings. The Hall–Kier alpha value is -1.38. The second-order valence-electron chi connectivity index (χ2n) is 2.97. The number of anilines is 1. The molecule has 0 saturated carbocycles. The average molecular weight is 181 g/mol. The zero-order valence-corrected chi connectivity index (χ0v) is 7.00. The summed E-state index contributed by atoms with van der Waals surface area (Å²) in [4.78, 5) is 1.96. The number of hydrogen-bond acceptors (Lipinski definition) is 1. The highest BCUT2D eigenvalue weighted by Crippen LogP contribution is 2.19. The Balaban J connectivity index is 2.26. The van der Waals surface area contributed by atoms with Crippen LogP contribution in [0, 0.1) is 11.6 Å². The fraction of sp³-hybridized carbons (Fsp3) is 0.200. The average Bonchev–Trinajstić information content (AvgIpc) is 2.62. The van der Waals surface area contributed by atoms with E-state index < -0.39 is 11.6 Å². The molecule has 2 rings (SSSR count). The summed E-state index contributed by atoms with van der Waals surface area (Å²) in [6.07, 6.45) is 4.00. The van der Waals surface area contributed by atoms with Crippen LogP contribution in [0.25, 0.3) is 0 Å². The highest BCUT2D eigenvalue weighted by molar-refractivity contribution is 5.49. The Morgan fingerprint density at radius 2 is 1.69 bits per heavy atom. The van der Waals surface area contributed by atoms with Crippen LogP contribution in [-0.2, 0) is 0 Å². The first-order chi connectivity index (χ1) is 6.27. The second-order valence-corrected chi connectivity index (χ2v) is 2.97. The van der Waals surface area contributed by atoms with Gasteiger partial charge in [-0.2, -0.15) is 0 Å². The Morgan fingerprint density at radius 3 is 2.31 bits per heavy atom. The predicted octanol–water partition coefficient (Wildman–Crippen LogP) is 2.34. The second kappa shape index (κ2) is 3.17. The fourth-order valence-electron chi connectivity index (χ4n) is 1.37. The quantitative estimate of drug-likeness (QED) is 0.601. The third-order valence-electron chi connectivity index (χ3n) is 2.09. The highest BCUT2D eigenvalue weighted by atomic mass is 19.2. The van der Waals surface area contributed by atoms with E-state index in [0.29, 0.717) is 0 Å². The van der Waals surface area contributed by atoms with Gasteiger partial charge in [-0.05, 0) is 12.1 Å². The highest BCUT2D eigenvalue weighted by Gasteiger charge is 2.09. The van der Waals surface area contributed by atoms with Crippen molar-refractivity contribution in [3.63, 3.8) is 0 Å². The van der Waals surface area contributed by atoms with E-state index in [4.69, 9.17) is 0 Å². The Kier molecular flexibility index (Phi) is 2.00. The standard InChI is InChI=1S/C10H9F2N/c11-9-4-3-8(7-10(9)12)13-5-1-2-6-13/h1-4,7H,5-6H2. The van der Waals surface area contributed by atoms with Crippen LogP contribution >= 0.6 is 0 Å². The molecule has 0 bridgehead atoms. The van der Waals surface area contributed by atoms with Gasteiger partial charge in [0, 0.05) is 24.8 Å². The summed E-state index contributed by atoms with van der Waals surface area (Å²) in [7, 11) is 0. The van der Waals surface area contributed by atoms with Crippen molar-refractivity contribution < 1.29 is 8.78 Å². The summed E-state index contributed by atoms with van der Waals surface area (Å²) in [5, 5.41) is 0. The van der Waals surface area contributed by atoms with E-state index in [-0.39, 0.29) is 0 Å². The lowest BCUT2D eigenvalue weighted by Crippen LogP contribution is -2.18.